The summed E-state index contributed by atoms with van der Waals surface area (Å²) in [6.07, 6.45) is 5.23. The molecule has 1 saturated carbocycles. The Morgan fingerprint density at radius 3 is 2.39 bits per heavy atom. The van der Waals surface area contributed by atoms with E-state index >= 15 is 0 Å². The molecule has 1 spiro atoms. The van der Waals surface area contributed by atoms with Gasteiger partial charge in [0.1, 0.15) is 12.4 Å². The predicted molar refractivity (Wildman–Crippen MR) is 127 cm³/mol. The fourth-order valence-electron chi connectivity index (χ4n) is 4.34. The van der Waals surface area contributed by atoms with E-state index in [0.717, 1.165) is 37.7 Å². The van der Waals surface area contributed by atoms with Gasteiger partial charge in [-0.2, -0.15) is 0 Å². The fraction of sp³-hybridized carbons (Fsp3) is 0.409. The van der Waals surface area contributed by atoms with Crippen LogP contribution >= 0.6 is 45.2 Å². The smallest absolute Gasteiger partial charge is 0.241 e. The molecule has 4 rings (SSSR count). The van der Waals surface area contributed by atoms with E-state index in [2.05, 4.69) is 74.8 Å². The molecule has 0 aromatic heterocycles. The lowest BCUT2D eigenvalue weighted by Crippen LogP contribution is -2.48. The number of hydrogen-bond donors (Lipinski definition) is 1. The molecule has 2 aromatic carbocycles. The van der Waals surface area contributed by atoms with Crippen LogP contribution in [0.4, 0.5) is 0 Å². The maximum atomic E-state index is 12.8. The summed E-state index contributed by atoms with van der Waals surface area (Å²) in [4.78, 5) is 14.8. The lowest BCUT2D eigenvalue weighted by Gasteiger charge is -2.31. The zero-order valence-electron chi connectivity index (χ0n) is 15.9. The Bertz CT molecular complexity index is 843. The lowest BCUT2D eigenvalue weighted by molar-refractivity contribution is -0.130. The van der Waals surface area contributed by atoms with E-state index in [1.54, 1.807) is 0 Å². The van der Waals surface area contributed by atoms with Gasteiger partial charge < -0.3 is 9.64 Å². The van der Waals surface area contributed by atoms with Crippen molar-refractivity contribution in [2.75, 3.05) is 7.05 Å². The Kier molecular flexibility index (Phi) is 6.17. The number of likely N-dealkylation sites (N-methyl/N-ethyl adjacent to an activating group) is 1. The monoisotopic (exact) mass is 602 g/mol. The van der Waals surface area contributed by atoms with Crippen LogP contribution in [0.25, 0.3) is 0 Å². The number of carbonyl (C=O) groups excluding carboxylic acids is 1. The van der Waals surface area contributed by atoms with Gasteiger partial charge in [-0.25, -0.2) is 0 Å². The third-order valence-electron chi connectivity index (χ3n) is 5.87. The van der Waals surface area contributed by atoms with E-state index in [1.807, 2.05) is 30.1 Å². The van der Waals surface area contributed by atoms with Crippen molar-refractivity contribution in [1.29, 1.82) is 0 Å². The Balaban J connectivity index is 1.47. The van der Waals surface area contributed by atoms with Crippen LogP contribution in [0.2, 0.25) is 0 Å². The summed E-state index contributed by atoms with van der Waals surface area (Å²) in [5.41, 5.74) is 2.22. The molecule has 1 aliphatic carbocycles. The van der Waals surface area contributed by atoms with Gasteiger partial charge in [-0.05, 0) is 101 Å². The maximum absolute atomic E-state index is 12.8. The van der Waals surface area contributed by atoms with Crippen LogP contribution in [0.15, 0.2) is 42.5 Å². The van der Waals surface area contributed by atoms with Crippen LogP contribution in [0.5, 0.6) is 5.75 Å². The molecule has 148 valence electrons. The van der Waals surface area contributed by atoms with Crippen LogP contribution in [0, 0.1) is 7.14 Å². The highest BCUT2D eigenvalue weighted by Crippen LogP contribution is 2.37. The van der Waals surface area contributed by atoms with E-state index in [9.17, 15) is 4.79 Å². The van der Waals surface area contributed by atoms with E-state index in [1.165, 1.54) is 18.4 Å². The number of benzene rings is 2. The zero-order chi connectivity index (χ0) is 19.7. The molecule has 1 atom stereocenters. The second kappa shape index (κ2) is 8.47. The van der Waals surface area contributed by atoms with Crippen molar-refractivity contribution in [2.24, 2.45) is 0 Å². The van der Waals surface area contributed by atoms with Crippen molar-refractivity contribution >= 4 is 51.1 Å². The Morgan fingerprint density at radius 1 is 1.11 bits per heavy atom. The third kappa shape index (κ3) is 4.05. The largest absolute Gasteiger partial charge is 0.487 e. The lowest BCUT2D eigenvalue weighted by atomic mass is 10.1. The number of amides is 1. The summed E-state index contributed by atoms with van der Waals surface area (Å²) in [6.45, 7) is 0.558. The second-order valence-corrected chi connectivity index (χ2v) is 10.0. The predicted octanol–water partition coefficient (Wildman–Crippen LogP) is 4.72. The Hall–Kier alpha value is -0.870. The maximum Gasteiger partial charge on any atom is 0.241 e. The van der Waals surface area contributed by atoms with Gasteiger partial charge in [0.05, 0.1) is 18.8 Å². The van der Waals surface area contributed by atoms with Crippen LogP contribution in [0.1, 0.15) is 36.8 Å². The molecule has 1 amide bonds. The number of nitrogens with zero attached hydrogens (tertiary/aromatic N) is 1. The fourth-order valence-corrected chi connectivity index (χ4v) is 6.55. The van der Waals surface area contributed by atoms with Gasteiger partial charge in [0.2, 0.25) is 5.91 Å². The van der Waals surface area contributed by atoms with Crippen molar-refractivity contribution in [1.82, 2.24) is 10.2 Å². The minimum atomic E-state index is -0.134. The summed E-state index contributed by atoms with van der Waals surface area (Å²) in [5.74, 6) is 1.14. The normalized spacial score (nSPS) is 20.9. The first-order chi connectivity index (χ1) is 13.5. The Morgan fingerprint density at radius 2 is 1.75 bits per heavy atom. The minimum absolute atomic E-state index is 0.110. The first kappa shape index (κ1) is 20.4. The van der Waals surface area contributed by atoms with E-state index in [0.29, 0.717) is 6.61 Å². The molecule has 2 aliphatic rings. The minimum Gasteiger partial charge on any atom is -0.487 e. The van der Waals surface area contributed by atoms with Crippen molar-refractivity contribution in [3.63, 3.8) is 0 Å². The van der Waals surface area contributed by atoms with Crippen LogP contribution < -0.4 is 10.1 Å². The molecule has 6 heteroatoms. The summed E-state index contributed by atoms with van der Waals surface area (Å²) in [6, 6.07) is 14.4. The summed E-state index contributed by atoms with van der Waals surface area (Å²) in [7, 11) is 1.95. The van der Waals surface area contributed by atoms with Gasteiger partial charge in [0.15, 0.2) is 0 Å². The Labute approximate surface area is 193 Å². The van der Waals surface area contributed by atoms with Gasteiger partial charge in [0, 0.05) is 7.05 Å². The van der Waals surface area contributed by atoms with Gasteiger partial charge in [-0.1, -0.05) is 30.3 Å². The van der Waals surface area contributed by atoms with Gasteiger partial charge >= 0.3 is 0 Å². The number of rotatable bonds is 5. The van der Waals surface area contributed by atoms with Crippen LogP contribution in [0.3, 0.4) is 0 Å². The van der Waals surface area contributed by atoms with Gasteiger partial charge in [-0.15, -0.1) is 0 Å². The number of nitrogens with one attached hydrogen (secondary N) is 1. The molecular formula is C22H24I2N2O2. The number of carbonyl (C=O) groups is 1. The molecule has 1 saturated heterocycles. The van der Waals surface area contributed by atoms with Crippen molar-refractivity contribution in [2.45, 2.75) is 50.4 Å². The van der Waals surface area contributed by atoms with E-state index in [4.69, 9.17) is 4.74 Å². The van der Waals surface area contributed by atoms with Gasteiger partial charge in [0.25, 0.3) is 0 Å². The first-order valence-electron chi connectivity index (χ1n) is 9.68. The topological polar surface area (TPSA) is 41.6 Å². The molecule has 0 bridgehead atoms. The molecule has 4 nitrogen and oxygen atoms in total. The molecule has 0 unspecified atom stereocenters. The summed E-state index contributed by atoms with van der Waals surface area (Å²) >= 11 is 4.67. The molecule has 1 N–H and O–H groups in total. The van der Waals surface area contributed by atoms with Crippen molar-refractivity contribution in [3.05, 3.63) is 60.7 Å². The second-order valence-electron chi connectivity index (χ2n) is 7.70. The highest BCUT2D eigenvalue weighted by Gasteiger charge is 2.49. The van der Waals surface area contributed by atoms with Crippen LogP contribution in [-0.2, 0) is 17.8 Å². The highest BCUT2D eigenvalue weighted by atomic mass is 127. The van der Waals surface area contributed by atoms with Crippen molar-refractivity contribution in [3.8, 4) is 5.75 Å². The number of ether oxygens (including phenoxy) is 1. The molecule has 1 aliphatic heterocycles. The van der Waals surface area contributed by atoms with Crippen molar-refractivity contribution < 1.29 is 9.53 Å². The molecule has 28 heavy (non-hydrogen) atoms. The van der Waals surface area contributed by atoms with Gasteiger partial charge in [-0.3, -0.25) is 10.1 Å². The summed E-state index contributed by atoms with van der Waals surface area (Å²) < 4.78 is 8.26. The molecular weight excluding hydrogens is 578 g/mol. The molecule has 1 heterocycles. The first-order valence-corrected chi connectivity index (χ1v) is 11.8. The SMILES string of the molecule is CN1C(=O)[C@H](Cc2cc(I)c(OCc3ccccc3)c(I)c2)NC12CCCC2. The average Bonchev–Trinajstić information content (AvgIpc) is 3.24. The average molecular weight is 602 g/mol. The number of hydrogen-bond acceptors (Lipinski definition) is 3. The van der Waals surface area contributed by atoms with E-state index in [-0.39, 0.29) is 17.6 Å². The molecule has 2 aromatic rings. The summed E-state index contributed by atoms with van der Waals surface area (Å²) in [5, 5.41) is 3.65. The number of halogens is 2. The quantitative estimate of drug-likeness (QED) is 0.505. The van der Waals surface area contributed by atoms with Crippen LogP contribution in [-0.4, -0.2) is 29.6 Å². The third-order valence-corrected chi connectivity index (χ3v) is 7.47. The molecule has 0 radical (unpaired) electrons. The standard InChI is InChI=1S/C22H24I2N2O2/c1-26-21(27)19(25-22(26)9-5-6-10-22)13-16-11-17(23)20(18(24)12-16)28-14-15-7-3-2-4-8-15/h2-4,7-8,11-12,19,25H,5-6,9-10,13-14H2,1H3/t19-/m0/s1. The highest BCUT2D eigenvalue weighted by molar-refractivity contribution is 14.1. The zero-order valence-corrected chi connectivity index (χ0v) is 20.2. The van der Waals surface area contributed by atoms with E-state index < -0.39 is 0 Å². The molecule has 2 fully saturated rings.